The van der Waals surface area contributed by atoms with Gasteiger partial charge in [0.05, 0.1) is 38.8 Å². The van der Waals surface area contributed by atoms with Crippen molar-refractivity contribution in [3.05, 3.63) is 74.4 Å². The molecule has 11 heteroatoms. The average Bonchev–Trinajstić information content (AvgIpc) is 3.33. The molecule has 1 heterocycles. The molecule has 38 heavy (non-hydrogen) atoms. The van der Waals surface area contributed by atoms with Gasteiger partial charge in [0.25, 0.3) is 0 Å². The standard InChI is InChI=1S/C27H33BrN2O6S2/c1-20-5-9-23(37-20)18-29(14-13-21-6-12-25(35-3)26(17-21)36-4)27(31)19-30(15-16-34-2)38(32,33)24-10-7-22(28)8-11-24/h5-12,17H,13-16,18-19H2,1-4H3. The zero-order valence-corrected chi connectivity index (χ0v) is 25.2. The second kappa shape index (κ2) is 14.1. The number of hydrogen-bond donors (Lipinski definition) is 0. The highest BCUT2D eigenvalue weighted by Crippen LogP contribution is 2.28. The third-order valence-electron chi connectivity index (χ3n) is 5.92. The lowest BCUT2D eigenvalue weighted by molar-refractivity contribution is -0.132. The lowest BCUT2D eigenvalue weighted by Gasteiger charge is -2.27. The quantitative estimate of drug-likeness (QED) is 0.257. The zero-order chi connectivity index (χ0) is 27.7. The maximum absolute atomic E-state index is 13.6. The molecule has 0 unspecified atom stereocenters. The number of carbonyl (C=O) groups is 1. The summed E-state index contributed by atoms with van der Waals surface area (Å²) in [6.45, 7) is 2.74. The molecule has 2 aromatic carbocycles. The van der Waals surface area contributed by atoms with Gasteiger partial charge in [-0.15, -0.1) is 11.3 Å². The van der Waals surface area contributed by atoms with Gasteiger partial charge in [-0.05, 0) is 67.4 Å². The highest BCUT2D eigenvalue weighted by molar-refractivity contribution is 9.10. The van der Waals surface area contributed by atoms with Crippen LogP contribution in [0.5, 0.6) is 11.5 Å². The number of aryl methyl sites for hydroxylation is 1. The third kappa shape index (κ3) is 8.03. The summed E-state index contributed by atoms with van der Waals surface area (Å²) >= 11 is 4.95. The molecule has 8 nitrogen and oxygen atoms in total. The Balaban J connectivity index is 1.84. The Bertz CT molecular complexity index is 1310. The number of halogens is 1. The van der Waals surface area contributed by atoms with Crippen molar-refractivity contribution in [2.45, 2.75) is 24.8 Å². The zero-order valence-electron chi connectivity index (χ0n) is 22.0. The SMILES string of the molecule is COCCN(CC(=O)N(CCc1ccc(OC)c(OC)c1)Cc1ccc(C)s1)S(=O)(=O)c1ccc(Br)cc1. The largest absolute Gasteiger partial charge is 0.493 e. The molecular weight excluding hydrogens is 592 g/mol. The highest BCUT2D eigenvalue weighted by atomic mass is 79.9. The minimum atomic E-state index is -3.91. The molecule has 0 spiro atoms. The molecule has 0 radical (unpaired) electrons. The van der Waals surface area contributed by atoms with Gasteiger partial charge in [-0.25, -0.2) is 8.42 Å². The van der Waals surface area contributed by atoms with Crippen molar-refractivity contribution in [1.29, 1.82) is 0 Å². The minimum absolute atomic E-state index is 0.0578. The van der Waals surface area contributed by atoms with Crippen LogP contribution in [0.3, 0.4) is 0 Å². The van der Waals surface area contributed by atoms with Crippen LogP contribution in [0, 0.1) is 6.92 Å². The van der Waals surface area contributed by atoms with Crippen LogP contribution in [0.2, 0.25) is 0 Å². The van der Waals surface area contributed by atoms with Gasteiger partial charge in [-0.3, -0.25) is 4.79 Å². The molecule has 0 saturated carbocycles. The van der Waals surface area contributed by atoms with Gasteiger partial charge in [-0.2, -0.15) is 4.31 Å². The van der Waals surface area contributed by atoms with E-state index in [1.54, 1.807) is 42.6 Å². The van der Waals surface area contributed by atoms with Gasteiger partial charge >= 0.3 is 0 Å². The van der Waals surface area contributed by atoms with Crippen LogP contribution in [0.1, 0.15) is 15.3 Å². The van der Waals surface area contributed by atoms with E-state index in [4.69, 9.17) is 14.2 Å². The first-order valence-electron chi connectivity index (χ1n) is 12.0. The molecule has 0 saturated heterocycles. The average molecular weight is 626 g/mol. The number of sulfonamides is 1. The van der Waals surface area contributed by atoms with Crippen LogP contribution < -0.4 is 9.47 Å². The van der Waals surface area contributed by atoms with Crippen LogP contribution in [0.15, 0.2) is 64.0 Å². The van der Waals surface area contributed by atoms with Gasteiger partial charge in [0.2, 0.25) is 15.9 Å². The summed E-state index contributed by atoms with van der Waals surface area (Å²) < 4.78 is 44.7. The second-order valence-electron chi connectivity index (χ2n) is 8.55. The summed E-state index contributed by atoms with van der Waals surface area (Å²) in [5.74, 6) is 0.960. The molecule has 1 aromatic heterocycles. The van der Waals surface area contributed by atoms with Gasteiger partial charge in [0, 0.05) is 34.4 Å². The number of benzene rings is 2. The fraction of sp³-hybridized carbons (Fsp3) is 0.370. The van der Waals surface area contributed by atoms with Gasteiger partial charge in [-0.1, -0.05) is 22.0 Å². The van der Waals surface area contributed by atoms with Crippen molar-refractivity contribution in [2.75, 3.05) is 47.6 Å². The molecule has 0 aliphatic carbocycles. The van der Waals surface area contributed by atoms with Crippen LogP contribution in [0.4, 0.5) is 0 Å². The lowest BCUT2D eigenvalue weighted by Crippen LogP contribution is -2.44. The summed E-state index contributed by atoms with van der Waals surface area (Å²) in [6, 6.07) is 16.0. The monoisotopic (exact) mass is 624 g/mol. The summed E-state index contributed by atoms with van der Waals surface area (Å²) in [5.41, 5.74) is 0.974. The molecule has 0 aliphatic heterocycles. The molecule has 206 valence electrons. The predicted octanol–water partition coefficient (Wildman–Crippen LogP) is 4.74. The number of amides is 1. The molecular formula is C27H33BrN2O6S2. The number of ether oxygens (including phenoxy) is 3. The summed E-state index contributed by atoms with van der Waals surface area (Å²) in [7, 11) is 0.749. The van der Waals surface area contributed by atoms with Crippen molar-refractivity contribution in [3.8, 4) is 11.5 Å². The van der Waals surface area contributed by atoms with E-state index in [0.717, 1.165) is 19.8 Å². The van der Waals surface area contributed by atoms with Crippen LogP contribution >= 0.6 is 27.3 Å². The van der Waals surface area contributed by atoms with Crippen LogP contribution in [0.25, 0.3) is 0 Å². The molecule has 0 bridgehead atoms. The van der Waals surface area contributed by atoms with E-state index in [2.05, 4.69) is 15.9 Å². The molecule has 3 rings (SSSR count). The number of methoxy groups -OCH3 is 3. The number of rotatable bonds is 14. The minimum Gasteiger partial charge on any atom is -0.493 e. The van der Waals surface area contributed by atoms with Crippen LogP contribution in [-0.4, -0.2) is 71.1 Å². The maximum atomic E-state index is 13.6. The Morgan fingerprint density at radius 1 is 0.947 bits per heavy atom. The first-order valence-corrected chi connectivity index (χ1v) is 15.0. The van der Waals surface area contributed by atoms with E-state index in [0.29, 0.717) is 31.0 Å². The van der Waals surface area contributed by atoms with E-state index in [9.17, 15) is 13.2 Å². The lowest BCUT2D eigenvalue weighted by atomic mass is 10.1. The maximum Gasteiger partial charge on any atom is 0.243 e. The number of nitrogens with zero attached hydrogens (tertiary/aromatic N) is 2. The fourth-order valence-electron chi connectivity index (χ4n) is 3.83. The number of hydrogen-bond acceptors (Lipinski definition) is 7. The summed E-state index contributed by atoms with van der Waals surface area (Å²) in [5, 5.41) is 0. The molecule has 0 fully saturated rings. The van der Waals surface area contributed by atoms with Crippen molar-refractivity contribution in [2.24, 2.45) is 0 Å². The second-order valence-corrected chi connectivity index (χ2v) is 12.8. The van der Waals surface area contributed by atoms with E-state index in [-0.39, 0.29) is 30.5 Å². The van der Waals surface area contributed by atoms with Gasteiger partial charge in [0.15, 0.2) is 11.5 Å². The van der Waals surface area contributed by atoms with E-state index in [1.165, 1.54) is 23.5 Å². The third-order valence-corrected chi connectivity index (χ3v) is 9.30. The van der Waals surface area contributed by atoms with Crippen molar-refractivity contribution in [3.63, 3.8) is 0 Å². The van der Waals surface area contributed by atoms with E-state index < -0.39 is 10.0 Å². The number of carbonyl (C=O) groups excluding carboxylic acids is 1. The van der Waals surface area contributed by atoms with Gasteiger partial charge in [0.1, 0.15) is 0 Å². The highest BCUT2D eigenvalue weighted by Gasteiger charge is 2.28. The van der Waals surface area contributed by atoms with Crippen molar-refractivity contribution >= 4 is 43.2 Å². The molecule has 3 aromatic rings. The molecule has 0 aliphatic rings. The molecule has 0 N–H and O–H groups in total. The topological polar surface area (TPSA) is 85.4 Å². The van der Waals surface area contributed by atoms with Crippen LogP contribution in [-0.2, 0) is 32.5 Å². The Kier molecular flexibility index (Phi) is 11.2. The van der Waals surface area contributed by atoms with Crippen molar-refractivity contribution < 1.29 is 27.4 Å². The summed E-state index contributed by atoms with van der Waals surface area (Å²) in [4.78, 5) is 17.6. The summed E-state index contributed by atoms with van der Waals surface area (Å²) in [6.07, 6.45) is 0.563. The molecule has 0 atom stereocenters. The fourth-order valence-corrected chi connectivity index (χ4v) is 6.38. The predicted molar refractivity (Wildman–Crippen MR) is 152 cm³/mol. The Labute approximate surface area is 237 Å². The van der Waals surface area contributed by atoms with E-state index in [1.807, 2.05) is 37.3 Å². The van der Waals surface area contributed by atoms with Crippen molar-refractivity contribution in [1.82, 2.24) is 9.21 Å². The Hall–Kier alpha value is -2.44. The first-order chi connectivity index (χ1) is 18.2. The molecule has 1 amide bonds. The Morgan fingerprint density at radius 3 is 2.26 bits per heavy atom. The number of thiophene rings is 1. The normalized spacial score (nSPS) is 11.5. The smallest absolute Gasteiger partial charge is 0.243 e. The van der Waals surface area contributed by atoms with Gasteiger partial charge < -0.3 is 19.1 Å². The van der Waals surface area contributed by atoms with E-state index >= 15 is 0 Å². The first kappa shape index (κ1) is 30.1. The Morgan fingerprint density at radius 2 is 1.66 bits per heavy atom.